The van der Waals surface area contributed by atoms with Gasteiger partial charge in [0.2, 0.25) is 16.6 Å². The Morgan fingerprint density at radius 1 is 1.20 bits per heavy atom. The first-order valence-corrected chi connectivity index (χ1v) is 15.5. The Hall–Kier alpha value is -3.91. The number of nitrogens with one attached hydrogen (secondary N) is 2. The standard InChI is InChI=1S/C30H39N7O6S/c1-17(38)36(14-24(27(40)41)34-28(42)43-16-30-10-18-6-19(11-30)8-20(7-18)12-30)37-15-26(39)35(29(37)44)13-21(31)9-25-32-22-4-2-3-5-23(22)33-25/h2-5,15,18-21,24,39H,6-14,16,31H2,1H3,(H,32,33)(H,34,42)(H,40,41)/t18?,19?,20?,21?,24-,30?/m0/s1. The number of nitrogens with zero attached hydrogens (tertiary/aromatic N) is 4. The molecule has 236 valence electrons. The number of nitrogens with two attached hydrogens (primary N) is 1. The molecule has 3 aromatic rings. The van der Waals surface area contributed by atoms with E-state index in [0.29, 0.717) is 30.0 Å². The molecule has 2 atom stereocenters. The molecular weight excluding hydrogens is 586 g/mol. The number of fused-ring (bicyclic) bond motifs is 1. The van der Waals surface area contributed by atoms with Crippen LogP contribution in [0.1, 0.15) is 51.3 Å². The normalized spacial score (nSPS) is 25.1. The van der Waals surface area contributed by atoms with Crippen LogP contribution in [0.15, 0.2) is 30.5 Å². The number of alkyl carbamates (subject to hydrolysis) is 1. The second-order valence-corrected chi connectivity index (χ2v) is 13.4. The number of carboxylic acid groups (broad SMARTS) is 1. The Balaban J connectivity index is 1.10. The largest absolute Gasteiger partial charge is 0.493 e. The average molecular weight is 626 g/mol. The van der Waals surface area contributed by atoms with Gasteiger partial charge in [-0.15, -0.1) is 0 Å². The van der Waals surface area contributed by atoms with Gasteiger partial charge in [0, 0.05) is 31.3 Å². The van der Waals surface area contributed by atoms with E-state index in [0.717, 1.165) is 35.3 Å². The number of benzene rings is 1. The minimum Gasteiger partial charge on any atom is -0.493 e. The van der Waals surface area contributed by atoms with E-state index in [-0.39, 0.29) is 29.2 Å². The Morgan fingerprint density at radius 3 is 2.48 bits per heavy atom. The van der Waals surface area contributed by atoms with E-state index < -0.39 is 36.6 Å². The summed E-state index contributed by atoms with van der Waals surface area (Å²) in [6.45, 7) is 1.17. The minimum absolute atomic E-state index is 0.0188. The molecule has 4 aliphatic carbocycles. The van der Waals surface area contributed by atoms with E-state index in [1.54, 1.807) is 0 Å². The van der Waals surface area contributed by atoms with Crippen LogP contribution in [0.2, 0.25) is 0 Å². The average Bonchev–Trinajstić information content (AvgIpc) is 3.48. The smallest absolute Gasteiger partial charge is 0.407 e. The summed E-state index contributed by atoms with van der Waals surface area (Å²) < 4.78 is 8.19. The number of aliphatic carboxylic acids is 1. The monoisotopic (exact) mass is 625 g/mol. The molecule has 4 aliphatic rings. The molecule has 2 aromatic heterocycles. The molecule has 1 unspecified atom stereocenters. The van der Waals surface area contributed by atoms with Crippen molar-refractivity contribution in [1.82, 2.24) is 24.5 Å². The Bertz CT molecular complexity index is 1560. The van der Waals surface area contributed by atoms with Crippen molar-refractivity contribution in [3.05, 3.63) is 41.1 Å². The number of amides is 2. The van der Waals surface area contributed by atoms with Crippen LogP contribution in [-0.2, 0) is 27.3 Å². The maximum Gasteiger partial charge on any atom is 0.407 e. The zero-order valence-electron chi connectivity index (χ0n) is 24.6. The van der Waals surface area contributed by atoms with Crippen molar-refractivity contribution in [1.29, 1.82) is 0 Å². The zero-order valence-corrected chi connectivity index (χ0v) is 25.5. The highest BCUT2D eigenvalue weighted by atomic mass is 32.1. The number of rotatable bonds is 11. The molecule has 4 bridgehead atoms. The van der Waals surface area contributed by atoms with Crippen LogP contribution in [-0.4, -0.2) is 72.6 Å². The third-order valence-corrected chi connectivity index (χ3v) is 9.90. The number of carbonyl (C=O) groups is 3. The third-order valence-electron chi connectivity index (χ3n) is 9.50. The maximum absolute atomic E-state index is 12.8. The Morgan fingerprint density at radius 2 is 1.86 bits per heavy atom. The number of carbonyl (C=O) groups excluding carboxylic acids is 2. The highest BCUT2D eigenvalue weighted by molar-refractivity contribution is 7.71. The molecule has 44 heavy (non-hydrogen) atoms. The van der Waals surface area contributed by atoms with Crippen LogP contribution in [0.25, 0.3) is 11.0 Å². The number of hydrogen-bond acceptors (Lipinski definition) is 8. The summed E-state index contributed by atoms with van der Waals surface area (Å²) in [6, 6.07) is 5.63. The van der Waals surface area contributed by atoms with Crippen LogP contribution < -0.4 is 16.1 Å². The minimum atomic E-state index is -1.48. The Labute approximate surface area is 259 Å². The molecule has 0 saturated heterocycles. The van der Waals surface area contributed by atoms with Crippen molar-refractivity contribution < 1.29 is 29.3 Å². The lowest BCUT2D eigenvalue weighted by molar-refractivity contribution is -0.139. The summed E-state index contributed by atoms with van der Waals surface area (Å²) in [5, 5.41) is 24.1. The molecule has 4 saturated carbocycles. The van der Waals surface area contributed by atoms with Crippen molar-refractivity contribution >= 4 is 41.2 Å². The third kappa shape index (κ3) is 6.18. The van der Waals surface area contributed by atoms with Crippen LogP contribution in [0.5, 0.6) is 5.88 Å². The van der Waals surface area contributed by atoms with Gasteiger partial charge < -0.3 is 31.0 Å². The lowest BCUT2D eigenvalue weighted by Crippen LogP contribution is -2.54. The molecule has 2 amide bonds. The summed E-state index contributed by atoms with van der Waals surface area (Å²) >= 11 is 5.55. The van der Waals surface area contributed by atoms with Gasteiger partial charge in [0.1, 0.15) is 11.9 Å². The van der Waals surface area contributed by atoms with Crippen LogP contribution in [0, 0.1) is 27.9 Å². The maximum atomic E-state index is 12.8. The van der Waals surface area contributed by atoms with Gasteiger partial charge in [-0.1, -0.05) is 12.1 Å². The van der Waals surface area contributed by atoms with Crippen molar-refractivity contribution in [2.24, 2.45) is 28.9 Å². The molecule has 13 nitrogen and oxygen atoms in total. The molecule has 4 fully saturated rings. The molecule has 0 aliphatic heterocycles. The molecule has 0 radical (unpaired) electrons. The predicted octanol–water partition coefficient (Wildman–Crippen LogP) is 3.05. The van der Waals surface area contributed by atoms with E-state index in [1.807, 2.05) is 24.3 Å². The number of hydrogen-bond donors (Lipinski definition) is 5. The highest BCUT2D eigenvalue weighted by Gasteiger charge is 2.51. The first-order chi connectivity index (χ1) is 21.0. The summed E-state index contributed by atoms with van der Waals surface area (Å²) in [6.07, 6.45) is 7.70. The molecule has 1 aromatic carbocycles. The number of carboxylic acids is 1. The number of ether oxygens (including phenoxy) is 1. The first-order valence-electron chi connectivity index (χ1n) is 15.1. The molecule has 7 rings (SSSR count). The van der Waals surface area contributed by atoms with E-state index in [2.05, 4.69) is 15.3 Å². The molecule has 2 heterocycles. The van der Waals surface area contributed by atoms with Crippen LogP contribution in [0.3, 0.4) is 0 Å². The van der Waals surface area contributed by atoms with E-state index in [9.17, 15) is 24.6 Å². The number of para-hydroxylation sites is 2. The van der Waals surface area contributed by atoms with Crippen LogP contribution in [0.4, 0.5) is 4.79 Å². The summed E-state index contributed by atoms with van der Waals surface area (Å²) in [4.78, 5) is 45.4. The molecule has 6 N–H and O–H groups in total. The molecule has 14 heteroatoms. The zero-order chi connectivity index (χ0) is 31.2. The van der Waals surface area contributed by atoms with Gasteiger partial charge in [-0.3, -0.25) is 9.36 Å². The van der Waals surface area contributed by atoms with Crippen molar-refractivity contribution in [2.45, 2.75) is 70.5 Å². The van der Waals surface area contributed by atoms with Gasteiger partial charge in [0.15, 0.2) is 0 Å². The number of aromatic amines is 1. The van der Waals surface area contributed by atoms with Gasteiger partial charge in [-0.25, -0.2) is 24.3 Å². The van der Waals surface area contributed by atoms with Crippen molar-refractivity contribution in [3.8, 4) is 5.88 Å². The van der Waals surface area contributed by atoms with Crippen molar-refractivity contribution in [3.63, 3.8) is 0 Å². The molecule has 0 spiro atoms. The number of aromatic nitrogens is 4. The predicted molar refractivity (Wildman–Crippen MR) is 163 cm³/mol. The first kappa shape index (κ1) is 30.1. The highest BCUT2D eigenvalue weighted by Crippen LogP contribution is 2.60. The van der Waals surface area contributed by atoms with Crippen molar-refractivity contribution in [2.75, 3.05) is 18.2 Å². The van der Waals surface area contributed by atoms with Gasteiger partial charge in [0.05, 0.1) is 30.4 Å². The van der Waals surface area contributed by atoms with Gasteiger partial charge >= 0.3 is 12.1 Å². The number of imidazole rings is 2. The quantitative estimate of drug-likeness (QED) is 0.200. The lowest BCUT2D eigenvalue weighted by Gasteiger charge is -2.56. The fraction of sp³-hybridized carbons (Fsp3) is 0.567. The summed E-state index contributed by atoms with van der Waals surface area (Å²) in [7, 11) is 0. The van der Waals surface area contributed by atoms with Crippen LogP contribution >= 0.6 is 12.2 Å². The fourth-order valence-corrected chi connectivity index (χ4v) is 8.37. The fourth-order valence-electron chi connectivity index (χ4n) is 8.05. The Kier molecular flexibility index (Phi) is 8.14. The lowest BCUT2D eigenvalue weighted by atomic mass is 9.50. The van der Waals surface area contributed by atoms with Gasteiger partial charge in [0.25, 0.3) is 0 Å². The van der Waals surface area contributed by atoms with E-state index >= 15 is 0 Å². The summed E-state index contributed by atoms with van der Waals surface area (Å²) in [5.41, 5.74) is 8.05. The van der Waals surface area contributed by atoms with E-state index in [1.165, 1.54) is 41.6 Å². The second-order valence-electron chi connectivity index (χ2n) is 13.0. The second kappa shape index (κ2) is 11.9. The number of aromatic hydroxyl groups is 1. The van der Waals surface area contributed by atoms with E-state index in [4.69, 9.17) is 22.7 Å². The number of H-pyrrole nitrogens is 1. The topological polar surface area (TPSA) is 181 Å². The van der Waals surface area contributed by atoms with Gasteiger partial charge in [-0.2, -0.15) is 0 Å². The van der Waals surface area contributed by atoms with Gasteiger partial charge in [-0.05, 0) is 80.6 Å². The SMILES string of the molecule is CC(=O)N(C[C@H](NC(=O)OCC12CC3CC(CC(C3)C1)C2)C(=O)O)n1cc(O)n(CC(N)Cc2nc3ccccc3[nH]2)c1=S. The molecular formula is C30H39N7O6S. The summed E-state index contributed by atoms with van der Waals surface area (Å²) in [5.74, 6) is 0.618.